The van der Waals surface area contributed by atoms with Crippen molar-refractivity contribution in [2.75, 3.05) is 5.32 Å². The summed E-state index contributed by atoms with van der Waals surface area (Å²) in [5.41, 5.74) is 1.47. The minimum absolute atomic E-state index is 0.0195. The van der Waals surface area contributed by atoms with Gasteiger partial charge in [0.2, 0.25) is 5.91 Å². The molecule has 104 valence electrons. The van der Waals surface area contributed by atoms with Gasteiger partial charge in [0.15, 0.2) is 0 Å². The van der Waals surface area contributed by atoms with Crippen LogP contribution in [0.2, 0.25) is 0 Å². The van der Waals surface area contributed by atoms with E-state index in [0.29, 0.717) is 16.8 Å². The van der Waals surface area contributed by atoms with Gasteiger partial charge >= 0.3 is 0 Å². The van der Waals surface area contributed by atoms with Gasteiger partial charge in [-0.3, -0.25) is 14.9 Å². The maximum Gasteiger partial charge on any atom is 0.269 e. The Kier molecular flexibility index (Phi) is 4.26. The average molecular weight is 281 g/mol. The highest BCUT2D eigenvalue weighted by Crippen LogP contribution is 2.15. The quantitative estimate of drug-likeness (QED) is 0.688. The van der Waals surface area contributed by atoms with E-state index in [0.717, 1.165) is 0 Å². The average Bonchev–Trinajstić information content (AvgIpc) is 2.48. The van der Waals surface area contributed by atoms with Crippen molar-refractivity contribution in [2.24, 2.45) is 0 Å². The van der Waals surface area contributed by atoms with Gasteiger partial charge < -0.3 is 5.32 Å². The number of nitrogens with zero attached hydrogens (tertiary/aromatic N) is 2. The van der Waals surface area contributed by atoms with E-state index >= 15 is 0 Å². The van der Waals surface area contributed by atoms with E-state index < -0.39 is 4.92 Å². The number of hydrogen-bond acceptors (Lipinski definition) is 4. The number of para-hydroxylation sites is 1. The molecule has 0 aromatic heterocycles. The van der Waals surface area contributed by atoms with Crippen molar-refractivity contribution in [1.82, 2.24) is 0 Å². The summed E-state index contributed by atoms with van der Waals surface area (Å²) in [5, 5.41) is 22.1. The summed E-state index contributed by atoms with van der Waals surface area (Å²) in [6.45, 7) is 0. The second kappa shape index (κ2) is 6.30. The predicted molar refractivity (Wildman–Crippen MR) is 76.6 cm³/mol. The molecule has 0 saturated heterocycles. The minimum Gasteiger partial charge on any atom is -0.325 e. The third-order valence-corrected chi connectivity index (χ3v) is 2.83. The van der Waals surface area contributed by atoms with Crippen molar-refractivity contribution in [2.45, 2.75) is 6.42 Å². The van der Waals surface area contributed by atoms with Crippen molar-refractivity contribution in [3.63, 3.8) is 0 Å². The summed E-state index contributed by atoms with van der Waals surface area (Å²) in [6, 6.07) is 14.5. The van der Waals surface area contributed by atoms with Gasteiger partial charge in [0.05, 0.1) is 22.6 Å². The Morgan fingerprint density at radius 3 is 2.48 bits per heavy atom. The number of rotatable bonds is 4. The molecule has 0 saturated carbocycles. The smallest absolute Gasteiger partial charge is 0.269 e. The lowest BCUT2D eigenvalue weighted by Crippen LogP contribution is -2.15. The maximum atomic E-state index is 11.9. The molecule has 6 nitrogen and oxygen atoms in total. The Balaban J connectivity index is 2.05. The Morgan fingerprint density at radius 2 is 1.86 bits per heavy atom. The molecule has 21 heavy (non-hydrogen) atoms. The zero-order valence-corrected chi connectivity index (χ0v) is 10.9. The van der Waals surface area contributed by atoms with Gasteiger partial charge in [-0.05, 0) is 17.7 Å². The highest BCUT2D eigenvalue weighted by atomic mass is 16.6. The first-order valence-corrected chi connectivity index (χ1v) is 6.12. The fraction of sp³-hybridized carbons (Fsp3) is 0.0667. The zero-order valence-electron chi connectivity index (χ0n) is 10.9. The Hall–Kier alpha value is -3.20. The Morgan fingerprint density at radius 1 is 1.19 bits per heavy atom. The fourth-order valence-electron chi connectivity index (χ4n) is 1.80. The van der Waals surface area contributed by atoms with Gasteiger partial charge in [-0.2, -0.15) is 5.26 Å². The Bertz CT molecular complexity index is 718. The van der Waals surface area contributed by atoms with E-state index in [1.807, 2.05) is 6.07 Å². The van der Waals surface area contributed by atoms with Crippen molar-refractivity contribution < 1.29 is 9.72 Å². The third-order valence-electron chi connectivity index (χ3n) is 2.83. The lowest BCUT2D eigenvalue weighted by molar-refractivity contribution is -0.384. The van der Waals surface area contributed by atoms with Crippen LogP contribution in [0.15, 0.2) is 48.5 Å². The number of carbonyl (C=O) groups is 1. The molecule has 1 N–H and O–H groups in total. The summed E-state index contributed by atoms with van der Waals surface area (Å²) in [5.74, 6) is -0.286. The van der Waals surface area contributed by atoms with Crippen molar-refractivity contribution in [3.05, 3.63) is 69.8 Å². The van der Waals surface area contributed by atoms with E-state index in [-0.39, 0.29) is 18.0 Å². The number of nitro groups is 1. The van der Waals surface area contributed by atoms with E-state index in [4.69, 9.17) is 5.26 Å². The molecule has 0 atom stereocenters. The Labute approximate surface area is 120 Å². The summed E-state index contributed by atoms with van der Waals surface area (Å²) in [4.78, 5) is 22.0. The normalized spacial score (nSPS) is 9.67. The summed E-state index contributed by atoms with van der Waals surface area (Å²) >= 11 is 0. The SMILES string of the molecule is N#Cc1ccccc1NC(=O)Cc1ccc([N+](=O)[O-])cc1. The van der Waals surface area contributed by atoms with Gasteiger partial charge in [0.1, 0.15) is 6.07 Å². The van der Waals surface area contributed by atoms with Crippen LogP contribution in [0.25, 0.3) is 0 Å². The van der Waals surface area contributed by atoms with Gasteiger partial charge in [-0.15, -0.1) is 0 Å². The number of benzene rings is 2. The summed E-state index contributed by atoms with van der Waals surface area (Å²) < 4.78 is 0. The topological polar surface area (TPSA) is 96.0 Å². The van der Waals surface area contributed by atoms with Crippen LogP contribution >= 0.6 is 0 Å². The monoisotopic (exact) mass is 281 g/mol. The molecule has 2 aromatic carbocycles. The second-order valence-electron chi connectivity index (χ2n) is 4.31. The van der Waals surface area contributed by atoms with E-state index in [9.17, 15) is 14.9 Å². The zero-order chi connectivity index (χ0) is 15.2. The number of anilines is 1. The summed E-state index contributed by atoms with van der Waals surface area (Å²) in [6.07, 6.45) is 0.0811. The first kappa shape index (κ1) is 14.2. The molecule has 0 aliphatic heterocycles. The molecule has 6 heteroatoms. The summed E-state index contributed by atoms with van der Waals surface area (Å²) in [7, 11) is 0. The third kappa shape index (κ3) is 3.64. The van der Waals surface area contributed by atoms with Gasteiger partial charge in [0, 0.05) is 12.1 Å². The van der Waals surface area contributed by atoms with Crippen molar-refractivity contribution in [1.29, 1.82) is 5.26 Å². The molecule has 0 bridgehead atoms. The van der Waals surface area contributed by atoms with Crippen LogP contribution in [0.5, 0.6) is 0 Å². The molecule has 0 heterocycles. The van der Waals surface area contributed by atoms with Crippen molar-refractivity contribution in [3.8, 4) is 6.07 Å². The number of hydrogen-bond donors (Lipinski definition) is 1. The van der Waals surface area contributed by atoms with Crippen LogP contribution in [-0.2, 0) is 11.2 Å². The van der Waals surface area contributed by atoms with Crippen LogP contribution in [0.4, 0.5) is 11.4 Å². The lowest BCUT2D eigenvalue weighted by Gasteiger charge is -2.06. The predicted octanol–water partition coefficient (Wildman–Crippen LogP) is 2.65. The number of non-ortho nitro benzene ring substituents is 1. The number of nitro benzene ring substituents is 1. The fourth-order valence-corrected chi connectivity index (χ4v) is 1.80. The van der Waals surface area contributed by atoms with Gasteiger partial charge in [-0.25, -0.2) is 0 Å². The molecule has 2 rings (SSSR count). The highest BCUT2D eigenvalue weighted by molar-refractivity contribution is 5.93. The molecule has 2 aromatic rings. The largest absolute Gasteiger partial charge is 0.325 e. The molecule has 0 radical (unpaired) electrons. The minimum atomic E-state index is -0.493. The van der Waals surface area contributed by atoms with E-state index in [1.165, 1.54) is 24.3 Å². The first-order chi connectivity index (χ1) is 10.1. The van der Waals surface area contributed by atoms with Crippen LogP contribution in [-0.4, -0.2) is 10.8 Å². The van der Waals surface area contributed by atoms with Gasteiger partial charge in [0.25, 0.3) is 5.69 Å². The van der Waals surface area contributed by atoms with Crippen LogP contribution < -0.4 is 5.32 Å². The van der Waals surface area contributed by atoms with E-state index in [2.05, 4.69) is 5.32 Å². The lowest BCUT2D eigenvalue weighted by atomic mass is 10.1. The molecule has 0 spiro atoms. The molecule has 0 aliphatic carbocycles. The first-order valence-electron chi connectivity index (χ1n) is 6.12. The number of nitriles is 1. The number of nitrogens with one attached hydrogen (secondary N) is 1. The van der Waals surface area contributed by atoms with Crippen LogP contribution in [0.1, 0.15) is 11.1 Å². The highest BCUT2D eigenvalue weighted by Gasteiger charge is 2.09. The molecule has 0 aliphatic rings. The molecule has 0 fully saturated rings. The number of carbonyl (C=O) groups excluding carboxylic acids is 1. The standard InChI is InChI=1S/C15H11N3O3/c16-10-12-3-1-2-4-14(12)17-15(19)9-11-5-7-13(8-6-11)18(20)21/h1-8H,9H2,(H,17,19). The molecule has 1 amide bonds. The molecular formula is C15H11N3O3. The maximum absolute atomic E-state index is 11.9. The van der Waals surface area contributed by atoms with Crippen molar-refractivity contribution >= 4 is 17.3 Å². The second-order valence-corrected chi connectivity index (χ2v) is 4.31. The van der Waals surface area contributed by atoms with Gasteiger partial charge in [-0.1, -0.05) is 24.3 Å². The van der Waals surface area contributed by atoms with Crippen LogP contribution in [0, 0.1) is 21.4 Å². The van der Waals surface area contributed by atoms with Crippen LogP contribution in [0.3, 0.4) is 0 Å². The number of amides is 1. The van der Waals surface area contributed by atoms with E-state index in [1.54, 1.807) is 24.3 Å². The molecular weight excluding hydrogens is 270 g/mol. The molecule has 0 unspecified atom stereocenters.